The molecule has 1 aromatic rings. The molecular weight excluding hydrogens is 280 g/mol. The maximum Gasteiger partial charge on any atom is 0.129 e. The van der Waals surface area contributed by atoms with Crippen LogP contribution in [-0.4, -0.2) is 35.6 Å². The van der Waals surface area contributed by atoms with Crippen LogP contribution in [0, 0.1) is 5.92 Å². The van der Waals surface area contributed by atoms with Crippen molar-refractivity contribution in [2.45, 2.75) is 39.2 Å². The predicted octanol–water partition coefficient (Wildman–Crippen LogP) is 3.21. The Balaban J connectivity index is 1.79. The van der Waals surface area contributed by atoms with Gasteiger partial charge >= 0.3 is 0 Å². The minimum atomic E-state index is 0.393. The van der Waals surface area contributed by atoms with Gasteiger partial charge in [0.2, 0.25) is 0 Å². The molecule has 0 spiro atoms. The first-order valence-electron chi connectivity index (χ1n) is 7.85. The lowest BCUT2D eigenvalue weighted by Crippen LogP contribution is -2.43. The molecule has 2 unspecified atom stereocenters. The number of nitrogens with zero attached hydrogens (tertiary/aromatic N) is 1. The fourth-order valence-corrected chi connectivity index (χ4v) is 3.15. The second-order valence-corrected chi connectivity index (χ2v) is 6.40. The van der Waals surface area contributed by atoms with Gasteiger partial charge in [-0.15, -0.1) is 0 Å². The molecule has 1 saturated heterocycles. The summed E-state index contributed by atoms with van der Waals surface area (Å²) in [7, 11) is 0. The molecule has 3 nitrogen and oxygen atoms in total. The summed E-state index contributed by atoms with van der Waals surface area (Å²) < 4.78 is 5.86. The molecule has 1 heterocycles. The molecule has 4 heteroatoms. The van der Waals surface area contributed by atoms with Crippen LogP contribution in [0.3, 0.4) is 0 Å². The second-order valence-electron chi connectivity index (χ2n) is 5.96. The third-order valence-corrected chi connectivity index (χ3v) is 4.72. The van der Waals surface area contributed by atoms with E-state index < -0.39 is 0 Å². The van der Waals surface area contributed by atoms with Gasteiger partial charge in [-0.25, -0.2) is 0 Å². The molecule has 1 aliphatic heterocycles. The Labute approximate surface area is 133 Å². The summed E-state index contributed by atoms with van der Waals surface area (Å²) in [5.74, 6) is 1.60. The van der Waals surface area contributed by atoms with Gasteiger partial charge < -0.3 is 15.4 Å². The SMILES string of the molecule is CC1CCCN(CCCOc2ccccc2C(N)=S)C1C. The molecule has 0 aromatic heterocycles. The molecule has 21 heavy (non-hydrogen) atoms. The third-order valence-electron chi connectivity index (χ3n) is 4.50. The number of rotatable bonds is 6. The first-order valence-corrected chi connectivity index (χ1v) is 8.26. The van der Waals surface area contributed by atoms with Crippen molar-refractivity contribution >= 4 is 17.2 Å². The van der Waals surface area contributed by atoms with Gasteiger partial charge in [0.1, 0.15) is 10.7 Å². The summed E-state index contributed by atoms with van der Waals surface area (Å²) in [5.41, 5.74) is 6.54. The van der Waals surface area contributed by atoms with Crippen molar-refractivity contribution in [2.75, 3.05) is 19.7 Å². The van der Waals surface area contributed by atoms with Crippen LogP contribution in [0.15, 0.2) is 24.3 Å². The van der Waals surface area contributed by atoms with Crippen LogP contribution in [0.1, 0.15) is 38.7 Å². The van der Waals surface area contributed by atoms with Crippen LogP contribution < -0.4 is 10.5 Å². The Kier molecular flexibility index (Phi) is 6.00. The van der Waals surface area contributed by atoms with Gasteiger partial charge in [-0.1, -0.05) is 31.3 Å². The van der Waals surface area contributed by atoms with E-state index in [4.69, 9.17) is 22.7 Å². The van der Waals surface area contributed by atoms with Gasteiger partial charge in [0.15, 0.2) is 0 Å². The van der Waals surface area contributed by atoms with Crippen LogP contribution in [0.5, 0.6) is 5.75 Å². The van der Waals surface area contributed by atoms with Crippen LogP contribution >= 0.6 is 12.2 Å². The van der Waals surface area contributed by atoms with Gasteiger partial charge in [0.25, 0.3) is 0 Å². The predicted molar refractivity (Wildman–Crippen MR) is 91.9 cm³/mol. The van der Waals surface area contributed by atoms with Crippen molar-refractivity contribution in [1.29, 1.82) is 0 Å². The fourth-order valence-electron chi connectivity index (χ4n) is 2.98. The van der Waals surface area contributed by atoms with Crippen molar-refractivity contribution in [3.63, 3.8) is 0 Å². The van der Waals surface area contributed by atoms with E-state index in [0.29, 0.717) is 17.6 Å². The zero-order chi connectivity index (χ0) is 15.2. The number of hydrogen-bond donors (Lipinski definition) is 1. The molecule has 0 aliphatic carbocycles. The van der Waals surface area contributed by atoms with E-state index in [1.807, 2.05) is 24.3 Å². The third kappa shape index (κ3) is 4.42. The minimum Gasteiger partial charge on any atom is -0.493 e. The van der Waals surface area contributed by atoms with Gasteiger partial charge in [0.05, 0.1) is 12.2 Å². The van der Waals surface area contributed by atoms with E-state index in [1.165, 1.54) is 19.4 Å². The Morgan fingerprint density at radius 2 is 2.14 bits per heavy atom. The summed E-state index contributed by atoms with van der Waals surface area (Å²) in [6.45, 7) is 7.71. The molecule has 2 N–H and O–H groups in total. The Bertz CT molecular complexity index is 478. The average molecular weight is 306 g/mol. The van der Waals surface area contributed by atoms with E-state index in [9.17, 15) is 0 Å². The highest BCUT2D eigenvalue weighted by Gasteiger charge is 2.23. The van der Waals surface area contributed by atoms with Gasteiger partial charge in [-0.3, -0.25) is 0 Å². The lowest BCUT2D eigenvalue weighted by Gasteiger charge is -2.37. The number of piperidine rings is 1. The monoisotopic (exact) mass is 306 g/mol. The topological polar surface area (TPSA) is 38.5 Å². The molecular formula is C17H26N2OS. The van der Waals surface area contributed by atoms with E-state index in [1.54, 1.807) is 0 Å². The highest BCUT2D eigenvalue weighted by Crippen LogP contribution is 2.23. The van der Waals surface area contributed by atoms with Crippen molar-refractivity contribution in [3.05, 3.63) is 29.8 Å². The quantitative estimate of drug-likeness (QED) is 0.647. The Morgan fingerprint density at radius 1 is 1.38 bits per heavy atom. The number of thiocarbonyl (C=S) groups is 1. The standard InChI is InChI=1S/C17H26N2OS/c1-13-7-5-10-19(14(13)2)11-6-12-20-16-9-4-3-8-15(16)17(18)21/h3-4,8-9,13-14H,5-7,10-12H2,1-2H3,(H2,18,21). The molecule has 0 amide bonds. The fraction of sp³-hybridized carbons (Fsp3) is 0.588. The largest absolute Gasteiger partial charge is 0.493 e. The average Bonchev–Trinajstić information content (AvgIpc) is 2.48. The zero-order valence-corrected chi connectivity index (χ0v) is 13.9. The normalized spacial score (nSPS) is 23.0. The highest BCUT2D eigenvalue weighted by atomic mass is 32.1. The first kappa shape index (κ1) is 16.2. The van der Waals surface area contributed by atoms with Crippen molar-refractivity contribution < 1.29 is 4.74 Å². The van der Waals surface area contributed by atoms with E-state index in [0.717, 1.165) is 30.2 Å². The molecule has 116 valence electrons. The smallest absolute Gasteiger partial charge is 0.129 e. The summed E-state index contributed by atoms with van der Waals surface area (Å²) in [6, 6.07) is 8.40. The maximum atomic E-state index is 5.86. The number of ether oxygens (including phenoxy) is 1. The Hall–Kier alpha value is -1.13. The summed E-state index contributed by atoms with van der Waals surface area (Å²) in [6.07, 6.45) is 3.70. The number of hydrogen-bond acceptors (Lipinski definition) is 3. The number of nitrogens with two attached hydrogens (primary N) is 1. The zero-order valence-electron chi connectivity index (χ0n) is 13.0. The summed E-state index contributed by atoms with van der Waals surface area (Å²) in [4.78, 5) is 2.97. The molecule has 2 rings (SSSR count). The van der Waals surface area contributed by atoms with E-state index in [-0.39, 0.29) is 0 Å². The van der Waals surface area contributed by atoms with E-state index >= 15 is 0 Å². The van der Waals surface area contributed by atoms with Crippen molar-refractivity contribution in [1.82, 2.24) is 4.90 Å². The van der Waals surface area contributed by atoms with Crippen LogP contribution in [-0.2, 0) is 0 Å². The number of likely N-dealkylation sites (tertiary alicyclic amines) is 1. The number of para-hydroxylation sites is 1. The molecule has 0 saturated carbocycles. The van der Waals surface area contributed by atoms with Crippen LogP contribution in [0.4, 0.5) is 0 Å². The van der Waals surface area contributed by atoms with Crippen LogP contribution in [0.2, 0.25) is 0 Å². The maximum absolute atomic E-state index is 5.86. The lowest BCUT2D eigenvalue weighted by molar-refractivity contribution is 0.106. The molecule has 0 radical (unpaired) electrons. The van der Waals surface area contributed by atoms with Gasteiger partial charge in [0, 0.05) is 12.6 Å². The summed E-state index contributed by atoms with van der Waals surface area (Å²) >= 11 is 5.05. The van der Waals surface area contributed by atoms with Crippen LogP contribution in [0.25, 0.3) is 0 Å². The first-order chi connectivity index (χ1) is 10.1. The summed E-state index contributed by atoms with van der Waals surface area (Å²) in [5, 5.41) is 0. The molecule has 0 bridgehead atoms. The minimum absolute atomic E-state index is 0.393. The number of benzene rings is 1. The Morgan fingerprint density at radius 3 is 2.90 bits per heavy atom. The van der Waals surface area contributed by atoms with Gasteiger partial charge in [-0.2, -0.15) is 0 Å². The molecule has 1 aromatic carbocycles. The van der Waals surface area contributed by atoms with Crippen molar-refractivity contribution in [3.8, 4) is 5.75 Å². The molecule has 1 aliphatic rings. The van der Waals surface area contributed by atoms with Gasteiger partial charge in [-0.05, 0) is 50.8 Å². The van der Waals surface area contributed by atoms with Crippen molar-refractivity contribution in [2.24, 2.45) is 11.7 Å². The highest BCUT2D eigenvalue weighted by molar-refractivity contribution is 7.80. The molecule has 1 fully saturated rings. The van der Waals surface area contributed by atoms with E-state index in [2.05, 4.69) is 18.7 Å². The second kappa shape index (κ2) is 7.76. The molecule has 2 atom stereocenters. The lowest BCUT2D eigenvalue weighted by atomic mass is 9.92.